The largest absolute Gasteiger partial charge is 1.00 e. The maximum atomic E-state index is 11.2. The molecule has 4 nitrogen and oxygen atoms in total. The van der Waals surface area contributed by atoms with Gasteiger partial charge in [-0.1, -0.05) is 58.3 Å². The number of carbonyl (C=O) groups excluding carboxylic acids is 2. The molecule has 0 aromatic heterocycles. The van der Waals surface area contributed by atoms with Gasteiger partial charge in [0, 0.05) is 6.42 Å². The standard InChI is InChI=1S/C14H27NO3.Na/c1-2-3-4-5-6-7-8-9-10-11-13(16)15-12-14(17)18;/h2-12H2,1H3,(H,15,16)(H,17,18);/q;+1/p-1. The summed E-state index contributed by atoms with van der Waals surface area (Å²) in [6.45, 7) is 1.84. The molecule has 0 aliphatic rings. The van der Waals surface area contributed by atoms with Crippen molar-refractivity contribution in [2.45, 2.75) is 71.1 Å². The smallest absolute Gasteiger partial charge is 0.548 e. The van der Waals surface area contributed by atoms with E-state index in [0.29, 0.717) is 6.42 Å². The second-order valence-corrected chi connectivity index (χ2v) is 4.73. The van der Waals surface area contributed by atoms with Crippen LogP contribution in [0, 0.1) is 0 Å². The Morgan fingerprint density at radius 3 is 1.84 bits per heavy atom. The van der Waals surface area contributed by atoms with Crippen molar-refractivity contribution < 1.29 is 44.3 Å². The van der Waals surface area contributed by atoms with Crippen LogP contribution < -0.4 is 40.0 Å². The fraction of sp³-hybridized carbons (Fsp3) is 0.857. The molecule has 0 aromatic carbocycles. The minimum atomic E-state index is -1.24. The van der Waals surface area contributed by atoms with E-state index in [2.05, 4.69) is 12.2 Å². The van der Waals surface area contributed by atoms with Crippen molar-refractivity contribution in [3.8, 4) is 0 Å². The van der Waals surface area contributed by atoms with E-state index < -0.39 is 5.97 Å². The summed E-state index contributed by atoms with van der Waals surface area (Å²) in [5.41, 5.74) is 0. The number of carbonyl (C=O) groups is 2. The molecular formula is C14H26NNaO3. The fourth-order valence-electron chi connectivity index (χ4n) is 1.86. The summed E-state index contributed by atoms with van der Waals surface area (Å²) in [5, 5.41) is 12.4. The molecule has 1 N–H and O–H groups in total. The van der Waals surface area contributed by atoms with Crippen molar-refractivity contribution in [3.63, 3.8) is 0 Å². The van der Waals surface area contributed by atoms with Gasteiger partial charge in [0.05, 0.1) is 12.5 Å². The summed E-state index contributed by atoms with van der Waals surface area (Å²) in [5.74, 6) is -1.43. The normalized spacial score (nSPS) is 9.74. The van der Waals surface area contributed by atoms with Gasteiger partial charge < -0.3 is 15.2 Å². The van der Waals surface area contributed by atoms with E-state index in [1.807, 2.05) is 0 Å². The summed E-state index contributed by atoms with van der Waals surface area (Å²) >= 11 is 0. The molecule has 0 unspecified atom stereocenters. The number of amides is 1. The summed E-state index contributed by atoms with van der Waals surface area (Å²) in [7, 11) is 0. The summed E-state index contributed by atoms with van der Waals surface area (Å²) in [6, 6.07) is 0. The van der Waals surface area contributed by atoms with Crippen LogP contribution in [0.15, 0.2) is 0 Å². The number of hydrogen-bond acceptors (Lipinski definition) is 3. The van der Waals surface area contributed by atoms with Crippen molar-refractivity contribution in [1.82, 2.24) is 5.32 Å². The van der Waals surface area contributed by atoms with Gasteiger partial charge in [-0.15, -0.1) is 0 Å². The van der Waals surface area contributed by atoms with Crippen LogP contribution in [0.4, 0.5) is 0 Å². The molecule has 0 saturated heterocycles. The summed E-state index contributed by atoms with van der Waals surface area (Å²) < 4.78 is 0. The number of carboxylic acids is 1. The minimum absolute atomic E-state index is 0. The third-order valence-corrected chi connectivity index (χ3v) is 2.94. The van der Waals surface area contributed by atoms with Crippen LogP contribution in [0.25, 0.3) is 0 Å². The van der Waals surface area contributed by atoms with Crippen molar-refractivity contribution in [2.75, 3.05) is 6.54 Å². The van der Waals surface area contributed by atoms with Crippen LogP contribution in [0.1, 0.15) is 71.1 Å². The Balaban J connectivity index is 0. The maximum Gasteiger partial charge on any atom is 1.00 e. The molecule has 1 amide bonds. The molecule has 0 heterocycles. The van der Waals surface area contributed by atoms with Gasteiger partial charge >= 0.3 is 29.6 Å². The molecule has 19 heavy (non-hydrogen) atoms. The molecule has 106 valence electrons. The van der Waals surface area contributed by atoms with E-state index in [4.69, 9.17) is 0 Å². The Bertz CT molecular complexity index is 235. The molecule has 0 aromatic rings. The van der Waals surface area contributed by atoms with E-state index in [1.54, 1.807) is 0 Å². The molecule has 0 fully saturated rings. The Labute approximate surface area is 139 Å². The topological polar surface area (TPSA) is 69.2 Å². The van der Waals surface area contributed by atoms with Gasteiger partial charge in [-0.2, -0.15) is 0 Å². The zero-order valence-corrected chi connectivity index (χ0v) is 14.5. The predicted molar refractivity (Wildman–Crippen MR) is 69.9 cm³/mol. The van der Waals surface area contributed by atoms with E-state index in [-0.39, 0.29) is 42.0 Å². The first-order valence-corrected chi connectivity index (χ1v) is 7.13. The first kappa shape index (κ1) is 21.2. The van der Waals surface area contributed by atoms with E-state index in [0.717, 1.165) is 12.8 Å². The molecule has 0 radical (unpaired) electrons. The van der Waals surface area contributed by atoms with Crippen LogP contribution in [0.2, 0.25) is 0 Å². The number of hydrogen-bond donors (Lipinski definition) is 1. The van der Waals surface area contributed by atoms with Gasteiger partial charge in [0.1, 0.15) is 0 Å². The predicted octanol–water partition coefficient (Wildman–Crippen LogP) is -1.22. The Hall–Kier alpha value is -0.0600. The minimum Gasteiger partial charge on any atom is -0.548 e. The first-order chi connectivity index (χ1) is 8.66. The Kier molecular flexibility index (Phi) is 17.9. The molecule has 0 spiro atoms. The van der Waals surface area contributed by atoms with Gasteiger partial charge in [-0.05, 0) is 6.42 Å². The van der Waals surface area contributed by atoms with Gasteiger partial charge in [-0.3, -0.25) is 4.79 Å². The van der Waals surface area contributed by atoms with Gasteiger partial charge in [-0.25, -0.2) is 0 Å². The maximum absolute atomic E-state index is 11.2. The van der Waals surface area contributed by atoms with Crippen LogP contribution in [-0.4, -0.2) is 18.4 Å². The second-order valence-electron chi connectivity index (χ2n) is 4.73. The zero-order valence-electron chi connectivity index (χ0n) is 12.5. The second kappa shape index (κ2) is 16.0. The zero-order chi connectivity index (χ0) is 13.6. The van der Waals surface area contributed by atoms with Gasteiger partial charge in [0.25, 0.3) is 0 Å². The third-order valence-electron chi connectivity index (χ3n) is 2.94. The summed E-state index contributed by atoms with van der Waals surface area (Å²) in [6.07, 6.45) is 11.3. The average molecular weight is 279 g/mol. The summed E-state index contributed by atoms with van der Waals surface area (Å²) in [4.78, 5) is 21.3. The molecule has 0 rings (SSSR count). The number of unbranched alkanes of at least 4 members (excludes halogenated alkanes) is 8. The average Bonchev–Trinajstić information content (AvgIpc) is 2.34. The molecule has 5 heteroatoms. The van der Waals surface area contributed by atoms with Crippen molar-refractivity contribution in [3.05, 3.63) is 0 Å². The number of carboxylic acid groups (broad SMARTS) is 1. The quantitative estimate of drug-likeness (QED) is 0.359. The van der Waals surface area contributed by atoms with E-state index >= 15 is 0 Å². The molecule has 0 atom stereocenters. The third kappa shape index (κ3) is 17.9. The van der Waals surface area contributed by atoms with Crippen molar-refractivity contribution in [1.29, 1.82) is 0 Å². The number of nitrogens with one attached hydrogen (secondary N) is 1. The van der Waals surface area contributed by atoms with Crippen molar-refractivity contribution in [2.24, 2.45) is 0 Å². The monoisotopic (exact) mass is 279 g/mol. The molecule has 0 bridgehead atoms. The fourth-order valence-corrected chi connectivity index (χ4v) is 1.86. The van der Waals surface area contributed by atoms with Crippen LogP contribution in [0.3, 0.4) is 0 Å². The van der Waals surface area contributed by atoms with Crippen LogP contribution in [-0.2, 0) is 9.59 Å². The van der Waals surface area contributed by atoms with Crippen LogP contribution >= 0.6 is 0 Å². The molecule has 0 aliphatic carbocycles. The molecule has 0 saturated carbocycles. The number of rotatable bonds is 12. The van der Waals surface area contributed by atoms with Crippen LogP contribution in [0.5, 0.6) is 0 Å². The van der Waals surface area contributed by atoms with Gasteiger partial charge in [0.2, 0.25) is 5.91 Å². The Morgan fingerprint density at radius 1 is 0.895 bits per heavy atom. The SMILES string of the molecule is CCCCCCCCCCCC(=O)NCC(=O)[O-].[Na+]. The van der Waals surface area contributed by atoms with Crippen molar-refractivity contribution >= 4 is 11.9 Å². The van der Waals surface area contributed by atoms with E-state index in [1.165, 1.54) is 44.9 Å². The first-order valence-electron chi connectivity index (χ1n) is 7.13. The van der Waals surface area contributed by atoms with Gasteiger partial charge in [0.15, 0.2) is 0 Å². The molecule has 0 aliphatic heterocycles. The Morgan fingerprint density at radius 2 is 1.37 bits per heavy atom. The molecular weight excluding hydrogens is 253 g/mol. The van der Waals surface area contributed by atoms with E-state index in [9.17, 15) is 14.7 Å². The number of aliphatic carboxylic acids is 1.